The van der Waals surface area contributed by atoms with Gasteiger partial charge in [0.05, 0.1) is 28.4 Å². The summed E-state index contributed by atoms with van der Waals surface area (Å²) >= 11 is 0. The minimum atomic E-state index is 0.787. The fourth-order valence-electron chi connectivity index (χ4n) is 3.72. The summed E-state index contributed by atoms with van der Waals surface area (Å²) in [5.74, 6) is 3.24. The van der Waals surface area contributed by atoms with Crippen molar-refractivity contribution in [1.29, 1.82) is 0 Å². The molecule has 0 atom stereocenters. The molecule has 2 aromatic carbocycles. The number of ether oxygens (including phenoxy) is 4. The topological polar surface area (TPSA) is 36.9 Å². The van der Waals surface area contributed by atoms with Gasteiger partial charge in [0.25, 0.3) is 0 Å². The molecule has 24 heavy (non-hydrogen) atoms. The third-order valence-corrected chi connectivity index (χ3v) is 4.93. The molecule has 4 nitrogen and oxygen atoms in total. The van der Waals surface area contributed by atoms with Gasteiger partial charge in [-0.3, -0.25) is 0 Å². The van der Waals surface area contributed by atoms with Crippen LogP contribution in [0.3, 0.4) is 0 Å². The highest BCUT2D eigenvalue weighted by Crippen LogP contribution is 2.46. The Hall–Kier alpha value is -2.36. The number of fused-ring (bicyclic) bond motifs is 2. The van der Waals surface area contributed by atoms with Crippen LogP contribution in [0.25, 0.3) is 0 Å². The minimum Gasteiger partial charge on any atom is -0.493 e. The molecule has 0 unspecified atom stereocenters. The zero-order valence-corrected chi connectivity index (χ0v) is 15.2. The predicted octanol–water partition coefficient (Wildman–Crippen LogP) is 3.83. The van der Waals surface area contributed by atoms with E-state index in [0.29, 0.717) is 0 Å². The van der Waals surface area contributed by atoms with E-state index in [2.05, 4.69) is 13.8 Å². The van der Waals surface area contributed by atoms with E-state index >= 15 is 0 Å². The first-order chi connectivity index (χ1) is 11.5. The maximum atomic E-state index is 5.67. The fraction of sp³-hybridized carbons (Fsp3) is 0.400. The molecule has 0 saturated heterocycles. The zero-order chi connectivity index (χ0) is 17.4. The van der Waals surface area contributed by atoms with Crippen LogP contribution < -0.4 is 18.9 Å². The maximum absolute atomic E-state index is 5.67. The second-order valence-corrected chi connectivity index (χ2v) is 6.13. The van der Waals surface area contributed by atoms with Crippen LogP contribution in [0.1, 0.15) is 33.4 Å². The van der Waals surface area contributed by atoms with Gasteiger partial charge in [-0.1, -0.05) is 0 Å². The molecule has 0 bridgehead atoms. The minimum absolute atomic E-state index is 0.787. The van der Waals surface area contributed by atoms with Crippen LogP contribution in [-0.2, 0) is 12.8 Å². The Labute approximate surface area is 143 Å². The SMILES string of the molecule is COc1cc(C)c2c(c1OC)Cc1c(C)cc(OC)c(OC)c1C2. The summed E-state index contributed by atoms with van der Waals surface area (Å²) in [4.78, 5) is 0. The summed E-state index contributed by atoms with van der Waals surface area (Å²) in [6.45, 7) is 4.23. The lowest BCUT2D eigenvalue weighted by Gasteiger charge is -2.28. The first-order valence-electron chi connectivity index (χ1n) is 8.02. The van der Waals surface area contributed by atoms with E-state index in [9.17, 15) is 0 Å². The molecule has 1 aliphatic rings. The standard InChI is InChI=1S/C20H24O4/c1-11-7-17(21-3)19(23-5)15-10-14-12(2)8-18(22-4)20(24-6)16(14)9-13(11)15/h7-8H,9-10H2,1-6H3. The normalized spacial score (nSPS) is 12.2. The molecule has 0 amide bonds. The van der Waals surface area contributed by atoms with Gasteiger partial charge in [-0.05, 0) is 48.2 Å². The van der Waals surface area contributed by atoms with Crippen molar-refractivity contribution in [3.8, 4) is 23.0 Å². The average Bonchev–Trinajstić information content (AvgIpc) is 2.60. The van der Waals surface area contributed by atoms with Crippen molar-refractivity contribution in [3.05, 3.63) is 45.5 Å². The Kier molecular flexibility index (Phi) is 4.31. The molecule has 0 radical (unpaired) electrons. The number of aryl methyl sites for hydroxylation is 2. The Morgan fingerprint density at radius 2 is 0.958 bits per heavy atom. The van der Waals surface area contributed by atoms with Crippen molar-refractivity contribution in [2.24, 2.45) is 0 Å². The third-order valence-electron chi connectivity index (χ3n) is 4.93. The maximum Gasteiger partial charge on any atom is 0.164 e. The quantitative estimate of drug-likeness (QED) is 0.729. The highest BCUT2D eigenvalue weighted by Gasteiger charge is 2.28. The van der Waals surface area contributed by atoms with Gasteiger partial charge in [0.1, 0.15) is 0 Å². The Bertz CT molecular complexity index is 726. The number of hydrogen-bond donors (Lipinski definition) is 0. The van der Waals surface area contributed by atoms with Crippen molar-refractivity contribution >= 4 is 0 Å². The monoisotopic (exact) mass is 328 g/mol. The van der Waals surface area contributed by atoms with Gasteiger partial charge in [-0.25, -0.2) is 0 Å². The molecule has 0 aromatic heterocycles. The summed E-state index contributed by atoms with van der Waals surface area (Å²) in [5, 5.41) is 0. The second-order valence-electron chi connectivity index (χ2n) is 6.13. The molecule has 128 valence electrons. The van der Waals surface area contributed by atoms with Crippen LogP contribution in [0.15, 0.2) is 12.1 Å². The molecule has 4 heteroatoms. The van der Waals surface area contributed by atoms with E-state index in [1.165, 1.54) is 33.4 Å². The van der Waals surface area contributed by atoms with Crippen molar-refractivity contribution in [2.45, 2.75) is 26.7 Å². The lowest BCUT2D eigenvalue weighted by atomic mass is 9.80. The van der Waals surface area contributed by atoms with Gasteiger partial charge in [-0.15, -0.1) is 0 Å². The van der Waals surface area contributed by atoms with Gasteiger partial charge in [0.15, 0.2) is 23.0 Å². The molecule has 0 N–H and O–H groups in total. The van der Waals surface area contributed by atoms with E-state index in [1.54, 1.807) is 28.4 Å². The van der Waals surface area contributed by atoms with Crippen molar-refractivity contribution in [3.63, 3.8) is 0 Å². The molecule has 0 spiro atoms. The Balaban J connectivity index is 2.24. The summed E-state index contributed by atoms with van der Waals surface area (Å²) in [5.41, 5.74) is 7.39. The highest BCUT2D eigenvalue weighted by molar-refractivity contribution is 5.65. The predicted molar refractivity (Wildman–Crippen MR) is 94.2 cm³/mol. The molecule has 2 aromatic rings. The molecule has 1 aliphatic carbocycles. The molecule has 0 saturated carbocycles. The van der Waals surface area contributed by atoms with Gasteiger partial charge < -0.3 is 18.9 Å². The van der Waals surface area contributed by atoms with Crippen molar-refractivity contribution in [1.82, 2.24) is 0 Å². The molecule has 0 heterocycles. The zero-order valence-electron chi connectivity index (χ0n) is 15.2. The van der Waals surface area contributed by atoms with Crippen molar-refractivity contribution < 1.29 is 18.9 Å². The van der Waals surface area contributed by atoms with E-state index in [0.717, 1.165) is 35.8 Å². The van der Waals surface area contributed by atoms with E-state index in [-0.39, 0.29) is 0 Å². The van der Waals surface area contributed by atoms with Crippen LogP contribution in [0, 0.1) is 13.8 Å². The molecule has 3 rings (SSSR count). The van der Waals surface area contributed by atoms with Gasteiger partial charge in [0.2, 0.25) is 0 Å². The van der Waals surface area contributed by atoms with Gasteiger partial charge in [-0.2, -0.15) is 0 Å². The van der Waals surface area contributed by atoms with Crippen LogP contribution in [0.4, 0.5) is 0 Å². The van der Waals surface area contributed by atoms with Crippen LogP contribution in [0.5, 0.6) is 23.0 Å². The lowest BCUT2D eigenvalue weighted by molar-refractivity contribution is 0.348. The van der Waals surface area contributed by atoms with Crippen molar-refractivity contribution in [2.75, 3.05) is 28.4 Å². The number of methoxy groups -OCH3 is 4. The average molecular weight is 328 g/mol. The lowest BCUT2D eigenvalue weighted by Crippen LogP contribution is -2.14. The third kappa shape index (κ3) is 2.37. The largest absolute Gasteiger partial charge is 0.493 e. The van der Waals surface area contributed by atoms with E-state index in [1.807, 2.05) is 12.1 Å². The number of hydrogen-bond acceptors (Lipinski definition) is 4. The summed E-state index contributed by atoms with van der Waals surface area (Å²) < 4.78 is 22.4. The van der Waals surface area contributed by atoms with E-state index < -0.39 is 0 Å². The molecular weight excluding hydrogens is 304 g/mol. The summed E-state index contributed by atoms with van der Waals surface area (Å²) in [6.07, 6.45) is 1.61. The first-order valence-corrected chi connectivity index (χ1v) is 8.02. The van der Waals surface area contributed by atoms with Crippen LogP contribution >= 0.6 is 0 Å². The smallest absolute Gasteiger partial charge is 0.164 e. The van der Waals surface area contributed by atoms with Gasteiger partial charge >= 0.3 is 0 Å². The summed E-state index contributed by atoms with van der Waals surface area (Å²) in [6, 6.07) is 4.09. The van der Waals surface area contributed by atoms with Crippen LogP contribution in [-0.4, -0.2) is 28.4 Å². The molecule has 0 aliphatic heterocycles. The highest BCUT2D eigenvalue weighted by atomic mass is 16.5. The Morgan fingerprint density at radius 3 is 1.25 bits per heavy atom. The van der Waals surface area contributed by atoms with E-state index in [4.69, 9.17) is 18.9 Å². The van der Waals surface area contributed by atoms with Gasteiger partial charge in [0, 0.05) is 24.0 Å². The first kappa shape index (κ1) is 16.5. The number of rotatable bonds is 4. The Morgan fingerprint density at radius 1 is 0.583 bits per heavy atom. The molecule has 0 fully saturated rings. The fourth-order valence-corrected chi connectivity index (χ4v) is 3.72. The molecular formula is C20H24O4. The summed E-state index contributed by atoms with van der Waals surface area (Å²) in [7, 11) is 6.76. The second kappa shape index (κ2) is 6.27. The van der Waals surface area contributed by atoms with Crippen LogP contribution in [0.2, 0.25) is 0 Å². The number of benzene rings is 2.